The van der Waals surface area contributed by atoms with Crippen LogP contribution in [0.1, 0.15) is 11.1 Å². The van der Waals surface area contributed by atoms with E-state index in [-0.39, 0.29) is 0 Å². The van der Waals surface area contributed by atoms with Crippen molar-refractivity contribution in [3.8, 4) is 5.69 Å². The lowest BCUT2D eigenvalue weighted by Crippen LogP contribution is -2.02. The number of nitrogens with one attached hydrogen (secondary N) is 1. The van der Waals surface area contributed by atoms with Crippen molar-refractivity contribution in [2.24, 2.45) is 0 Å². The second kappa shape index (κ2) is 4.96. The molecule has 3 rings (SSSR count). The molecule has 0 unspecified atom stereocenters. The van der Waals surface area contributed by atoms with Crippen LogP contribution in [0.4, 0.5) is 0 Å². The zero-order valence-electron chi connectivity index (χ0n) is 11.3. The van der Waals surface area contributed by atoms with Gasteiger partial charge < -0.3 is 4.98 Å². The standard InChI is InChI=1S/C16H14N2S2/c1-10-7-11(2)9-12(8-10)18-15(19)13-5-3-4-6-14(13)17-16(18)20/h3-9H,1-2H3,(H,17,20). The summed E-state index contributed by atoms with van der Waals surface area (Å²) >= 11 is 11.1. The van der Waals surface area contributed by atoms with Gasteiger partial charge in [-0.05, 0) is 61.5 Å². The normalized spacial score (nSPS) is 10.9. The molecule has 0 aliphatic rings. The van der Waals surface area contributed by atoms with Crippen molar-refractivity contribution < 1.29 is 0 Å². The van der Waals surface area contributed by atoms with Gasteiger partial charge in [-0.2, -0.15) is 0 Å². The van der Waals surface area contributed by atoms with Gasteiger partial charge in [-0.1, -0.05) is 30.4 Å². The summed E-state index contributed by atoms with van der Waals surface area (Å²) in [5, 5.41) is 1.01. The lowest BCUT2D eigenvalue weighted by Gasteiger charge is -2.11. The fourth-order valence-corrected chi connectivity index (χ4v) is 3.22. The third kappa shape index (κ3) is 2.21. The molecule has 20 heavy (non-hydrogen) atoms. The van der Waals surface area contributed by atoms with Crippen molar-refractivity contribution in [3.63, 3.8) is 0 Å². The molecule has 1 heterocycles. The SMILES string of the molecule is Cc1cc(C)cc(-n2c(=S)[nH]c3ccccc3c2=S)c1. The molecule has 0 bridgehead atoms. The summed E-state index contributed by atoms with van der Waals surface area (Å²) in [5.74, 6) is 0. The molecule has 1 aromatic heterocycles. The van der Waals surface area contributed by atoms with Crippen molar-refractivity contribution >= 4 is 35.3 Å². The molecule has 0 saturated heterocycles. The van der Waals surface area contributed by atoms with Crippen molar-refractivity contribution in [1.82, 2.24) is 9.55 Å². The molecule has 1 N–H and O–H groups in total. The number of benzene rings is 2. The predicted octanol–water partition coefficient (Wildman–Crippen LogP) is 5.03. The number of H-pyrrole nitrogens is 1. The number of aryl methyl sites for hydroxylation is 2. The van der Waals surface area contributed by atoms with Crippen LogP contribution in [0.2, 0.25) is 0 Å². The minimum absolute atomic E-state index is 0.624. The fraction of sp³-hybridized carbons (Fsp3) is 0.125. The molecule has 0 spiro atoms. The summed E-state index contributed by atoms with van der Waals surface area (Å²) < 4.78 is 3.29. The molecule has 0 aliphatic carbocycles. The molecule has 0 aliphatic heterocycles. The van der Waals surface area contributed by atoms with Gasteiger partial charge in [-0.3, -0.25) is 4.57 Å². The van der Waals surface area contributed by atoms with Gasteiger partial charge in [0.15, 0.2) is 4.77 Å². The van der Waals surface area contributed by atoms with Crippen LogP contribution in [-0.2, 0) is 0 Å². The third-order valence-electron chi connectivity index (χ3n) is 3.27. The van der Waals surface area contributed by atoms with Crippen molar-refractivity contribution in [2.45, 2.75) is 13.8 Å². The number of para-hydroxylation sites is 1. The van der Waals surface area contributed by atoms with E-state index >= 15 is 0 Å². The first-order valence-electron chi connectivity index (χ1n) is 6.39. The number of aromatic nitrogens is 2. The maximum atomic E-state index is 5.63. The zero-order valence-corrected chi connectivity index (χ0v) is 12.9. The van der Waals surface area contributed by atoms with Crippen LogP contribution in [0, 0.1) is 23.3 Å². The second-order valence-corrected chi connectivity index (χ2v) is 5.74. The van der Waals surface area contributed by atoms with Gasteiger partial charge in [0.2, 0.25) is 0 Å². The summed E-state index contributed by atoms with van der Waals surface area (Å²) in [6.07, 6.45) is 0. The van der Waals surface area contributed by atoms with E-state index in [1.807, 2.05) is 28.8 Å². The second-order valence-electron chi connectivity index (χ2n) is 4.96. The molecular formula is C16H14N2S2. The van der Waals surface area contributed by atoms with Crippen LogP contribution < -0.4 is 0 Å². The molecule has 0 fully saturated rings. The first-order chi connectivity index (χ1) is 9.56. The Kier molecular flexibility index (Phi) is 3.28. The van der Waals surface area contributed by atoms with Crippen LogP contribution >= 0.6 is 24.4 Å². The van der Waals surface area contributed by atoms with Crippen molar-refractivity contribution in [3.05, 3.63) is 63.0 Å². The molecule has 0 saturated carbocycles. The Hall–Kier alpha value is -1.78. The van der Waals surface area contributed by atoms with E-state index < -0.39 is 0 Å². The maximum Gasteiger partial charge on any atom is 0.183 e. The molecular weight excluding hydrogens is 284 g/mol. The summed E-state index contributed by atoms with van der Waals surface area (Å²) in [4.78, 5) is 3.25. The molecule has 0 radical (unpaired) electrons. The van der Waals surface area contributed by atoms with E-state index in [1.165, 1.54) is 11.1 Å². The highest BCUT2D eigenvalue weighted by atomic mass is 32.1. The predicted molar refractivity (Wildman–Crippen MR) is 88.8 cm³/mol. The van der Waals surface area contributed by atoms with Crippen LogP contribution in [0.15, 0.2) is 42.5 Å². The highest BCUT2D eigenvalue weighted by Crippen LogP contribution is 2.19. The fourth-order valence-electron chi connectivity index (χ4n) is 2.48. The van der Waals surface area contributed by atoms with Gasteiger partial charge in [0.05, 0.1) is 5.52 Å². The molecule has 2 nitrogen and oxygen atoms in total. The number of rotatable bonds is 1. The van der Waals surface area contributed by atoms with E-state index in [0.717, 1.165) is 21.2 Å². The van der Waals surface area contributed by atoms with Crippen LogP contribution in [0.5, 0.6) is 0 Å². The first-order valence-corrected chi connectivity index (χ1v) is 7.20. The number of nitrogens with zero attached hydrogens (tertiary/aromatic N) is 1. The average molecular weight is 298 g/mol. The molecule has 2 aromatic carbocycles. The Morgan fingerprint density at radius 3 is 2.30 bits per heavy atom. The molecule has 100 valence electrons. The average Bonchev–Trinajstić information content (AvgIpc) is 2.37. The number of hydrogen-bond acceptors (Lipinski definition) is 2. The Morgan fingerprint density at radius 2 is 1.60 bits per heavy atom. The van der Waals surface area contributed by atoms with E-state index in [4.69, 9.17) is 24.4 Å². The maximum absolute atomic E-state index is 5.63. The molecule has 0 atom stereocenters. The third-order valence-corrected chi connectivity index (χ3v) is 3.96. The summed E-state index contributed by atoms with van der Waals surface area (Å²) in [6, 6.07) is 14.3. The van der Waals surface area contributed by atoms with Crippen molar-refractivity contribution in [1.29, 1.82) is 0 Å². The first kappa shape index (κ1) is 13.2. The Bertz CT molecular complexity index is 899. The topological polar surface area (TPSA) is 20.7 Å². The monoisotopic (exact) mass is 298 g/mol. The molecule has 3 aromatic rings. The molecule has 0 amide bonds. The lowest BCUT2D eigenvalue weighted by molar-refractivity contribution is 0.962. The van der Waals surface area contributed by atoms with Gasteiger partial charge in [0, 0.05) is 11.1 Å². The zero-order chi connectivity index (χ0) is 14.3. The largest absolute Gasteiger partial charge is 0.331 e. The lowest BCUT2D eigenvalue weighted by atomic mass is 10.1. The Balaban J connectivity index is 2.42. The van der Waals surface area contributed by atoms with E-state index in [0.29, 0.717) is 4.77 Å². The minimum atomic E-state index is 0.624. The van der Waals surface area contributed by atoms with E-state index in [1.54, 1.807) is 0 Å². The summed E-state index contributed by atoms with van der Waals surface area (Å²) in [6.45, 7) is 4.15. The van der Waals surface area contributed by atoms with Gasteiger partial charge in [0.25, 0.3) is 0 Å². The van der Waals surface area contributed by atoms with Gasteiger partial charge in [-0.25, -0.2) is 0 Å². The van der Waals surface area contributed by atoms with E-state index in [9.17, 15) is 0 Å². The van der Waals surface area contributed by atoms with Crippen LogP contribution in [0.3, 0.4) is 0 Å². The van der Waals surface area contributed by atoms with Gasteiger partial charge >= 0.3 is 0 Å². The number of fused-ring (bicyclic) bond motifs is 1. The van der Waals surface area contributed by atoms with Crippen molar-refractivity contribution in [2.75, 3.05) is 0 Å². The smallest absolute Gasteiger partial charge is 0.183 e. The van der Waals surface area contributed by atoms with Gasteiger partial charge in [-0.15, -0.1) is 0 Å². The Morgan fingerprint density at radius 1 is 0.950 bits per heavy atom. The highest BCUT2D eigenvalue weighted by molar-refractivity contribution is 7.72. The molecule has 4 heteroatoms. The number of aromatic amines is 1. The Labute approximate surface area is 127 Å². The number of hydrogen-bond donors (Lipinski definition) is 1. The van der Waals surface area contributed by atoms with Crippen LogP contribution in [0.25, 0.3) is 16.6 Å². The summed E-state index contributed by atoms with van der Waals surface area (Å²) in [7, 11) is 0. The quantitative estimate of drug-likeness (QED) is 0.636. The highest BCUT2D eigenvalue weighted by Gasteiger charge is 2.05. The van der Waals surface area contributed by atoms with Crippen LogP contribution in [-0.4, -0.2) is 9.55 Å². The minimum Gasteiger partial charge on any atom is -0.331 e. The van der Waals surface area contributed by atoms with E-state index in [2.05, 4.69) is 37.0 Å². The summed E-state index contributed by atoms with van der Waals surface area (Å²) in [5.41, 5.74) is 4.39. The van der Waals surface area contributed by atoms with Gasteiger partial charge in [0.1, 0.15) is 4.64 Å².